The van der Waals surface area contributed by atoms with E-state index in [0.717, 1.165) is 27.3 Å². The van der Waals surface area contributed by atoms with Crippen molar-refractivity contribution in [2.75, 3.05) is 24.4 Å². The first-order chi connectivity index (χ1) is 15.5. The number of methoxy groups -OCH3 is 1. The van der Waals surface area contributed by atoms with Gasteiger partial charge in [0.15, 0.2) is 5.82 Å². The highest BCUT2D eigenvalue weighted by Crippen LogP contribution is 2.52. The molecule has 4 aromatic rings. The molecule has 32 heavy (non-hydrogen) atoms. The van der Waals surface area contributed by atoms with Crippen LogP contribution in [0.3, 0.4) is 0 Å². The monoisotopic (exact) mass is 470 g/mol. The van der Waals surface area contributed by atoms with Crippen molar-refractivity contribution >= 4 is 50.7 Å². The van der Waals surface area contributed by atoms with Gasteiger partial charge in [-0.15, -0.1) is 4.80 Å². The number of anilines is 2. The van der Waals surface area contributed by atoms with Gasteiger partial charge in [0.25, 0.3) is 0 Å². The van der Waals surface area contributed by atoms with E-state index in [9.17, 15) is 4.79 Å². The Labute approximate surface area is 192 Å². The Balaban J connectivity index is 1.37. The summed E-state index contributed by atoms with van der Waals surface area (Å²) in [7, 11) is 1.70. The van der Waals surface area contributed by atoms with Gasteiger partial charge in [0, 0.05) is 19.3 Å². The number of aryl methyl sites for hydroxylation is 1. The highest BCUT2D eigenvalue weighted by atomic mass is 35.5. The number of hydrogen-bond donors (Lipinski definition) is 2. The molecule has 1 aliphatic rings. The van der Waals surface area contributed by atoms with Crippen LogP contribution in [-0.4, -0.2) is 49.7 Å². The lowest BCUT2D eigenvalue weighted by Crippen LogP contribution is -2.21. The van der Waals surface area contributed by atoms with E-state index in [1.54, 1.807) is 30.7 Å². The number of nitrogens with zero attached hydrogens (tertiary/aromatic N) is 6. The highest BCUT2D eigenvalue weighted by molar-refractivity contribution is 7.18. The van der Waals surface area contributed by atoms with Crippen molar-refractivity contribution in [1.82, 2.24) is 29.9 Å². The molecule has 2 N–H and O–H groups in total. The molecule has 4 heterocycles. The van der Waals surface area contributed by atoms with Gasteiger partial charge in [-0.05, 0) is 31.2 Å². The second-order valence-corrected chi connectivity index (χ2v) is 9.05. The van der Waals surface area contributed by atoms with Crippen LogP contribution in [0.5, 0.6) is 0 Å². The summed E-state index contributed by atoms with van der Waals surface area (Å²) in [6.07, 6.45) is 7.23. The van der Waals surface area contributed by atoms with Crippen LogP contribution in [0, 0.1) is 12.8 Å². The number of halogens is 1. The third kappa shape index (κ3) is 4.01. The molecule has 164 valence electrons. The molecule has 0 aliphatic heterocycles. The van der Waals surface area contributed by atoms with E-state index in [-0.39, 0.29) is 5.92 Å². The predicted octanol–water partition coefficient (Wildman–Crippen LogP) is 4.02. The van der Waals surface area contributed by atoms with Crippen LogP contribution in [0.15, 0.2) is 30.9 Å². The molecule has 12 heteroatoms. The van der Waals surface area contributed by atoms with Crippen LogP contribution in [0.2, 0.25) is 5.02 Å². The molecule has 4 aromatic heterocycles. The predicted molar refractivity (Wildman–Crippen MR) is 122 cm³/mol. The number of pyridine rings is 2. The van der Waals surface area contributed by atoms with Gasteiger partial charge >= 0.3 is 6.03 Å². The number of fused-ring (bicyclic) bond motifs is 1. The van der Waals surface area contributed by atoms with Crippen LogP contribution in [0.25, 0.3) is 16.2 Å². The molecule has 0 aromatic carbocycles. The lowest BCUT2D eigenvalue weighted by molar-refractivity contribution is 0.184. The first kappa shape index (κ1) is 20.7. The number of hydrogen-bond acceptors (Lipinski definition) is 8. The van der Waals surface area contributed by atoms with Crippen molar-refractivity contribution < 1.29 is 9.53 Å². The summed E-state index contributed by atoms with van der Waals surface area (Å²) in [5, 5.41) is 14.9. The Kier molecular flexibility index (Phi) is 5.45. The molecule has 0 saturated heterocycles. The van der Waals surface area contributed by atoms with Gasteiger partial charge in [-0.2, -0.15) is 10.2 Å². The SMILES string of the molecule is COC[C@@H]1C[C@H]1c1c(NC(=O)Nc2cnc(-n3nccn3)c(Cl)c2)cnc2sc(C)nc12. The molecular weight excluding hydrogens is 452 g/mol. The summed E-state index contributed by atoms with van der Waals surface area (Å²) in [5.41, 5.74) is 2.93. The number of ether oxygens (including phenoxy) is 1. The number of amides is 2. The van der Waals surface area contributed by atoms with E-state index in [2.05, 4.69) is 35.8 Å². The average Bonchev–Trinajstić information content (AvgIpc) is 3.12. The maximum absolute atomic E-state index is 12.8. The zero-order valence-electron chi connectivity index (χ0n) is 17.2. The Hall–Kier alpha value is -3.15. The van der Waals surface area contributed by atoms with Gasteiger partial charge in [-0.3, -0.25) is 0 Å². The second kappa shape index (κ2) is 8.41. The third-order valence-corrected chi connectivity index (χ3v) is 6.34. The fraction of sp³-hybridized carbons (Fsp3) is 0.300. The minimum atomic E-state index is -0.425. The normalized spacial score (nSPS) is 17.5. The van der Waals surface area contributed by atoms with Crippen molar-refractivity contribution in [3.05, 3.63) is 46.4 Å². The standard InChI is InChI=1S/C20H19ClN8O2S/c1-10-26-17-16(13-5-11(13)9-31-2)15(8-23-19(17)32-10)28-20(30)27-12-6-14(21)18(22-7-12)29-24-3-4-25-29/h3-4,6-8,11,13H,5,9H2,1-2H3,(H2,27,28,30)/t11-,13+/m0/s1. The number of rotatable bonds is 6. The van der Waals surface area contributed by atoms with Crippen molar-refractivity contribution in [3.63, 3.8) is 0 Å². The van der Waals surface area contributed by atoms with E-state index in [1.807, 2.05) is 6.92 Å². The van der Waals surface area contributed by atoms with Crippen molar-refractivity contribution in [2.45, 2.75) is 19.3 Å². The van der Waals surface area contributed by atoms with Crippen LogP contribution in [0.1, 0.15) is 22.9 Å². The number of nitrogens with one attached hydrogen (secondary N) is 2. The Morgan fingerprint density at radius 1 is 1.28 bits per heavy atom. The summed E-state index contributed by atoms with van der Waals surface area (Å²) in [6.45, 7) is 2.62. The molecule has 2 amide bonds. The molecule has 0 unspecified atom stereocenters. The fourth-order valence-electron chi connectivity index (χ4n) is 3.73. The Morgan fingerprint density at radius 3 is 2.84 bits per heavy atom. The van der Waals surface area contributed by atoms with Gasteiger partial charge < -0.3 is 15.4 Å². The smallest absolute Gasteiger partial charge is 0.323 e. The van der Waals surface area contributed by atoms with Crippen LogP contribution >= 0.6 is 22.9 Å². The lowest BCUT2D eigenvalue weighted by Gasteiger charge is -2.13. The maximum Gasteiger partial charge on any atom is 0.323 e. The first-order valence-electron chi connectivity index (χ1n) is 9.88. The summed E-state index contributed by atoms with van der Waals surface area (Å²) < 4.78 is 5.32. The molecule has 1 saturated carbocycles. The molecule has 0 bridgehead atoms. The van der Waals surface area contributed by atoms with E-state index in [4.69, 9.17) is 16.3 Å². The summed E-state index contributed by atoms with van der Waals surface area (Å²) >= 11 is 7.83. The third-order valence-electron chi connectivity index (χ3n) is 5.18. The average molecular weight is 471 g/mol. The topological polar surface area (TPSA) is 120 Å². The number of carbonyl (C=O) groups is 1. The quantitative estimate of drug-likeness (QED) is 0.436. The summed E-state index contributed by atoms with van der Waals surface area (Å²) in [6, 6.07) is 1.17. The summed E-state index contributed by atoms with van der Waals surface area (Å²) in [5.74, 6) is 1.05. The number of urea groups is 1. The molecule has 0 radical (unpaired) electrons. The van der Waals surface area contributed by atoms with Gasteiger partial charge in [0.1, 0.15) is 10.3 Å². The van der Waals surface area contributed by atoms with Crippen LogP contribution in [-0.2, 0) is 4.74 Å². The highest BCUT2D eigenvalue weighted by Gasteiger charge is 2.41. The number of thiazole rings is 1. The first-order valence-corrected chi connectivity index (χ1v) is 11.1. The molecule has 1 fully saturated rings. The van der Waals surface area contributed by atoms with Crippen molar-refractivity contribution in [2.24, 2.45) is 5.92 Å². The van der Waals surface area contributed by atoms with E-state index >= 15 is 0 Å². The zero-order valence-corrected chi connectivity index (χ0v) is 18.8. The van der Waals surface area contributed by atoms with Crippen LogP contribution < -0.4 is 10.6 Å². The maximum atomic E-state index is 12.8. The molecule has 1 aliphatic carbocycles. The van der Waals surface area contributed by atoms with Gasteiger partial charge in [0.05, 0.1) is 46.2 Å². The van der Waals surface area contributed by atoms with E-state index < -0.39 is 6.03 Å². The number of aromatic nitrogens is 6. The van der Waals surface area contributed by atoms with E-state index in [0.29, 0.717) is 34.7 Å². The molecule has 10 nitrogen and oxygen atoms in total. The lowest BCUT2D eigenvalue weighted by atomic mass is 10.1. The van der Waals surface area contributed by atoms with Crippen molar-refractivity contribution in [1.29, 1.82) is 0 Å². The van der Waals surface area contributed by atoms with Crippen molar-refractivity contribution in [3.8, 4) is 5.82 Å². The van der Waals surface area contributed by atoms with Crippen LogP contribution in [0.4, 0.5) is 16.2 Å². The molecule has 0 spiro atoms. The Morgan fingerprint density at radius 2 is 2.09 bits per heavy atom. The summed E-state index contributed by atoms with van der Waals surface area (Å²) in [4.78, 5) is 28.3. The molecule has 2 atom stereocenters. The number of carbonyl (C=O) groups excluding carboxylic acids is 1. The zero-order chi connectivity index (χ0) is 22.2. The minimum absolute atomic E-state index is 0.272. The molecular formula is C20H19ClN8O2S. The largest absolute Gasteiger partial charge is 0.384 e. The minimum Gasteiger partial charge on any atom is -0.384 e. The Bertz CT molecular complexity index is 1290. The van der Waals surface area contributed by atoms with Gasteiger partial charge in [0.2, 0.25) is 0 Å². The van der Waals surface area contributed by atoms with E-state index in [1.165, 1.54) is 23.4 Å². The molecule has 5 rings (SSSR count). The van der Waals surface area contributed by atoms with Gasteiger partial charge in [-0.1, -0.05) is 22.9 Å². The second-order valence-electron chi connectivity index (χ2n) is 7.46. The fourth-order valence-corrected chi connectivity index (χ4v) is 4.75. The van der Waals surface area contributed by atoms with Gasteiger partial charge in [-0.25, -0.2) is 19.7 Å².